The maximum atomic E-state index is 9.01. The van der Waals surface area contributed by atoms with Crippen molar-refractivity contribution in [1.29, 1.82) is 0 Å². The van der Waals surface area contributed by atoms with Crippen molar-refractivity contribution in [1.82, 2.24) is 10.6 Å². The number of benzene rings is 3. The minimum absolute atomic E-state index is 0.140. The summed E-state index contributed by atoms with van der Waals surface area (Å²) in [6.45, 7) is 2.24. The van der Waals surface area contributed by atoms with E-state index >= 15 is 0 Å². The molecule has 0 aliphatic heterocycles. The Morgan fingerprint density at radius 1 is 0.714 bits per heavy atom. The molecule has 0 atom stereocenters. The van der Waals surface area contributed by atoms with Gasteiger partial charge in [-0.1, -0.05) is 72.8 Å². The highest BCUT2D eigenvalue weighted by molar-refractivity contribution is 5.50. The summed E-state index contributed by atoms with van der Waals surface area (Å²) in [6, 6.07) is 29.2. The first-order valence-corrected chi connectivity index (χ1v) is 9.63. The molecule has 0 saturated carbocycles. The van der Waals surface area contributed by atoms with Crippen LogP contribution in [-0.2, 0) is 5.54 Å². The van der Waals surface area contributed by atoms with Gasteiger partial charge in [-0.3, -0.25) is 5.32 Å². The largest absolute Gasteiger partial charge is 0.497 e. The molecule has 0 amide bonds. The summed E-state index contributed by atoms with van der Waals surface area (Å²) in [7, 11) is 1.68. The van der Waals surface area contributed by atoms with Crippen molar-refractivity contribution in [2.24, 2.45) is 0 Å². The second kappa shape index (κ2) is 10.0. The number of nitrogens with one attached hydrogen (secondary N) is 2. The van der Waals surface area contributed by atoms with Crippen LogP contribution in [0.1, 0.15) is 16.7 Å². The summed E-state index contributed by atoms with van der Waals surface area (Å²) in [5.74, 6) is 0.836. The molecule has 3 aromatic carbocycles. The minimum atomic E-state index is -0.490. The van der Waals surface area contributed by atoms with Crippen LogP contribution in [0.4, 0.5) is 0 Å². The standard InChI is InChI=1S/C24H28N2O2/c1-28-23-14-12-22(13-15-23)24(20-8-4-2-5-9-20,21-10-6-3-7-11-21)26-17-16-25-18-19-27/h2-15,25-27H,16-19H2,1H3. The lowest BCUT2D eigenvalue weighted by atomic mass is 9.77. The van der Waals surface area contributed by atoms with Gasteiger partial charge in [-0.05, 0) is 28.8 Å². The lowest BCUT2D eigenvalue weighted by Gasteiger charge is -2.37. The first-order chi connectivity index (χ1) is 13.8. The number of ether oxygens (including phenoxy) is 1. The van der Waals surface area contributed by atoms with Gasteiger partial charge in [-0.2, -0.15) is 0 Å². The van der Waals surface area contributed by atoms with Gasteiger partial charge in [0.1, 0.15) is 5.75 Å². The van der Waals surface area contributed by atoms with Crippen molar-refractivity contribution in [2.45, 2.75) is 5.54 Å². The van der Waals surface area contributed by atoms with Crippen LogP contribution in [0, 0.1) is 0 Å². The van der Waals surface area contributed by atoms with Crippen LogP contribution in [0.15, 0.2) is 84.9 Å². The molecule has 146 valence electrons. The highest BCUT2D eigenvalue weighted by atomic mass is 16.5. The van der Waals surface area contributed by atoms with Gasteiger partial charge in [0.2, 0.25) is 0 Å². The third kappa shape index (κ3) is 4.42. The third-order valence-electron chi connectivity index (χ3n) is 4.92. The highest BCUT2D eigenvalue weighted by Crippen LogP contribution is 2.37. The van der Waals surface area contributed by atoms with Crippen molar-refractivity contribution in [2.75, 3.05) is 33.4 Å². The van der Waals surface area contributed by atoms with Crippen LogP contribution < -0.4 is 15.4 Å². The van der Waals surface area contributed by atoms with Crippen LogP contribution in [0.3, 0.4) is 0 Å². The fourth-order valence-corrected chi connectivity index (χ4v) is 3.57. The summed E-state index contributed by atoms with van der Waals surface area (Å²) in [6.07, 6.45) is 0. The van der Waals surface area contributed by atoms with Gasteiger partial charge in [0, 0.05) is 19.6 Å². The van der Waals surface area contributed by atoms with Gasteiger partial charge in [-0.25, -0.2) is 0 Å². The fourth-order valence-electron chi connectivity index (χ4n) is 3.57. The first kappa shape index (κ1) is 20.1. The molecule has 0 radical (unpaired) electrons. The second-order valence-corrected chi connectivity index (χ2v) is 6.61. The predicted octanol–water partition coefficient (Wildman–Crippen LogP) is 3.16. The van der Waals surface area contributed by atoms with E-state index in [0.29, 0.717) is 6.54 Å². The molecule has 0 aromatic heterocycles. The van der Waals surface area contributed by atoms with E-state index in [2.05, 4.69) is 71.3 Å². The Morgan fingerprint density at radius 2 is 1.25 bits per heavy atom. The first-order valence-electron chi connectivity index (χ1n) is 9.63. The monoisotopic (exact) mass is 376 g/mol. The Hall–Kier alpha value is -2.66. The normalized spacial score (nSPS) is 11.4. The number of hydrogen-bond donors (Lipinski definition) is 3. The zero-order valence-corrected chi connectivity index (χ0v) is 16.3. The molecule has 0 saturated heterocycles. The van der Waals surface area contributed by atoms with Crippen molar-refractivity contribution >= 4 is 0 Å². The van der Waals surface area contributed by atoms with E-state index in [4.69, 9.17) is 9.84 Å². The quantitative estimate of drug-likeness (QED) is 0.376. The molecule has 4 heteroatoms. The molecule has 4 nitrogen and oxygen atoms in total. The third-order valence-corrected chi connectivity index (χ3v) is 4.92. The van der Waals surface area contributed by atoms with Gasteiger partial charge < -0.3 is 15.2 Å². The zero-order valence-electron chi connectivity index (χ0n) is 16.3. The molecule has 3 aromatic rings. The number of rotatable bonds is 10. The smallest absolute Gasteiger partial charge is 0.118 e. The molecule has 0 unspecified atom stereocenters. The van der Waals surface area contributed by atoms with E-state index in [1.807, 2.05) is 24.3 Å². The summed E-state index contributed by atoms with van der Waals surface area (Å²) in [5.41, 5.74) is 3.00. The van der Waals surface area contributed by atoms with Crippen LogP contribution in [0.5, 0.6) is 5.75 Å². The highest BCUT2D eigenvalue weighted by Gasteiger charge is 2.35. The van der Waals surface area contributed by atoms with Gasteiger partial charge in [0.25, 0.3) is 0 Å². The summed E-state index contributed by atoms with van der Waals surface area (Å²) < 4.78 is 5.36. The molecule has 0 aliphatic rings. The topological polar surface area (TPSA) is 53.5 Å². The van der Waals surface area contributed by atoms with Gasteiger partial charge in [0.05, 0.1) is 19.3 Å². The molecular formula is C24H28N2O2. The molecule has 0 bridgehead atoms. The second-order valence-electron chi connectivity index (χ2n) is 6.61. The number of aliphatic hydroxyl groups is 1. The van der Waals surface area contributed by atoms with E-state index in [1.54, 1.807) is 7.11 Å². The summed E-state index contributed by atoms with van der Waals surface area (Å²) in [5, 5.41) is 16.1. The molecule has 0 spiro atoms. The van der Waals surface area contributed by atoms with Crippen molar-refractivity contribution in [3.8, 4) is 5.75 Å². The SMILES string of the molecule is COc1ccc(C(NCCNCCO)(c2ccccc2)c2ccccc2)cc1. The minimum Gasteiger partial charge on any atom is -0.497 e. The maximum Gasteiger partial charge on any atom is 0.118 e. The van der Waals surface area contributed by atoms with Crippen LogP contribution >= 0.6 is 0 Å². The van der Waals surface area contributed by atoms with Crippen molar-refractivity contribution < 1.29 is 9.84 Å². The molecule has 3 N–H and O–H groups in total. The number of methoxy groups -OCH3 is 1. The maximum absolute atomic E-state index is 9.01. The van der Waals surface area contributed by atoms with E-state index in [9.17, 15) is 0 Å². The Labute approximate surface area is 167 Å². The fraction of sp³-hybridized carbons (Fsp3) is 0.250. The van der Waals surface area contributed by atoms with Crippen molar-refractivity contribution in [3.63, 3.8) is 0 Å². The van der Waals surface area contributed by atoms with E-state index < -0.39 is 5.54 Å². The van der Waals surface area contributed by atoms with Gasteiger partial charge in [-0.15, -0.1) is 0 Å². The van der Waals surface area contributed by atoms with Gasteiger partial charge in [0.15, 0.2) is 0 Å². The van der Waals surface area contributed by atoms with Crippen molar-refractivity contribution in [3.05, 3.63) is 102 Å². The zero-order chi connectivity index (χ0) is 19.7. The van der Waals surface area contributed by atoms with Gasteiger partial charge >= 0.3 is 0 Å². The molecule has 0 aliphatic carbocycles. The molecule has 0 fully saturated rings. The Kier molecular flexibility index (Phi) is 7.20. The Bertz CT molecular complexity index is 781. The average Bonchev–Trinajstić information content (AvgIpc) is 2.78. The predicted molar refractivity (Wildman–Crippen MR) is 114 cm³/mol. The number of aliphatic hydroxyl groups excluding tert-OH is 1. The lowest BCUT2D eigenvalue weighted by Crippen LogP contribution is -2.47. The van der Waals surface area contributed by atoms with E-state index in [1.165, 1.54) is 11.1 Å². The van der Waals surface area contributed by atoms with E-state index in [0.717, 1.165) is 24.4 Å². The van der Waals surface area contributed by atoms with Crippen LogP contribution in [-0.4, -0.2) is 38.5 Å². The average molecular weight is 377 g/mol. The Morgan fingerprint density at radius 3 is 1.75 bits per heavy atom. The number of hydrogen-bond acceptors (Lipinski definition) is 4. The molecular weight excluding hydrogens is 348 g/mol. The molecule has 3 rings (SSSR count). The molecule has 0 heterocycles. The molecule has 28 heavy (non-hydrogen) atoms. The van der Waals surface area contributed by atoms with Crippen LogP contribution in [0.25, 0.3) is 0 Å². The Balaban J connectivity index is 2.08. The van der Waals surface area contributed by atoms with Crippen LogP contribution in [0.2, 0.25) is 0 Å². The summed E-state index contributed by atoms with van der Waals surface area (Å²) >= 11 is 0. The van der Waals surface area contributed by atoms with E-state index in [-0.39, 0.29) is 6.61 Å². The lowest BCUT2D eigenvalue weighted by molar-refractivity contribution is 0.291. The summed E-state index contributed by atoms with van der Waals surface area (Å²) in [4.78, 5) is 0.